The molecule has 0 saturated carbocycles. The van der Waals surface area contributed by atoms with Crippen LogP contribution in [0.1, 0.15) is 16.1 Å². The van der Waals surface area contributed by atoms with Gasteiger partial charge < -0.3 is 14.3 Å². The van der Waals surface area contributed by atoms with Crippen LogP contribution in [-0.4, -0.2) is 22.6 Å². The Morgan fingerprint density at radius 3 is 3.00 bits per heavy atom. The Bertz CT molecular complexity index is 848. The van der Waals surface area contributed by atoms with E-state index in [1.807, 2.05) is 13.0 Å². The van der Waals surface area contributed by atoms with Crippen molar-refractivity contribution in [2.75, 3.05) is 6.54 Å². The van der Waals surface area contributed by atoms with Gasteiger partial charge in [-0.25, -0.2) is 0 Å². The van der Waals surface area contributed by atoms with Gasteiger partial charge in [0.05, 0.1) is 11.8 Å². The van der Waals surface area contributed by atoms with Crippen molar-refractivity contribution in [2.24, 2.45) is 0 Å². The van der Waals surface area contributed by atoms with E-state index in [0.29, 0.717) is 35.1 Å². The van der Waals surface area contributed by atoms with Gasteiger partial charge >= 0.3 is 0 Å². The van der Waals surface area contributed by atoms with Gasteiger partial charge in [-0.15, -0.1) is 6.58 Å². The highest BCUT2D eigenvalue weighted by molar-refractivity contribution is 5.95. The summed E-state index contributed by atoms with van der Waals surface area (Å²) in [6.07, 6.45) is 3.19. The number of hydrogen-bond acceptors (Lipinski definition) is 5. The van der Waals surface area contributed by atoms with Gasteiger partial charge in [0, 0.05) is 17.7 Å². The fourth-order valence-corrected chi connectivity index (χ4v) is 2.12. The minimum Gasteiger partial charge on any atom is -0.469 e. The Morgan fingerprint density at radius 2 is 2.26 bits per heavy atom. The van der Waals surface area contributed by atoms with Gasteiger partial charge in [-0.1, -0.05) is 23.4 Å². The Kier molecular flexibility index (Phi) is 4.05. The van der Waals surface area contributed by atoms with Gasteiger partial charge in [0.25, 0.3) is 11.8 Å². The SMILES string of the molecule is C=CCNC(=O)c1cccc(-c2noc(-c3ccoc3C)n2)c1. The zero-order chi connectivity index (χ0) is 16.2. The quantitative estimate of drug-likeness (QED) is 0.732. The van der Waals surface area contributed by atoms with E-state index >= 15 is 0 Å². The molecule has 6 nitrogen and oxygen atoms in total. The van der Waals surface area contributed by atoms with Crippen LogP contribution in [0.4, 0.5) is 0 Å². The number of benzene rings is 1. The average Bonchev–Trinajstić information content (AvgIpc) is 3.21. The summed E-state index contributed by atoms with van der Waals surface area (Å²) in [6, 6.07) is 8.81. The molecule has 116 valence electrons. The summed E-state index contributed by atoms with van der Waals surface area (Å²) in [6.45, 7) is 5.81. The second kappa shape index (κ2) is 6.31. The van der Waals surface area contributed by atoms with E-state index in [-0.39, 0.29) is 5.91 Å². The number of furan rings is 1. The van der Waals surface area contributed by atoms with Crippen LogP contribution >= 0.6 is 0 Å². The summed E-state index contributed by atoms with van der Waals surface area (Å²) in [4.78, 5) is 16.3. The summed E-state index contributed by atoms with van der Waals surface area (Å²) in [5.41, 5.74) is 1.98. The molecular weight excluding hydrogens is 294 g/mol. The number of amides is 1. The maximum atomic E-state index is 12.0. The number of rotatable bonds is 5. The lowest BCUT2D eigenvalue weighted by Gasteiger charge is -2.03. The zero-order valence-corrected chi connectivity index (χ0v) is 12.6. The average molecular weight is 309 g/mol. The fraction of sp³-hybridized carbons (Fsp3) is 0.118. The minimum atomic E-state index is -0.179. The van der Waals surface area contributed by atoms with Gasteiger partial charge in [0.1, 0.15) is 5.76 Å². The van der Waals surface area contributed by atoms with Crippen molar-refractivity contribution in [1.29, 1.82) is 0 Å². The molecule has 1 amide bonds. The fourth-order valence-electron chi connectivity index (χ4n) is 2.12. The van der Waals surface area contributed by atoms with Gasteiger partial charge in [0.15, 0.2) is 0 Å². The van der Waals surface area contributed by atoms with Gasteiger partial charge in [-0.2, -0.15) is 4.98 Å². The third-order valence-corrected chi connectivity index (χ3v) is 3.31. The minimum absolute atomic E-state index is 0.179. The molecule has 23 heavy (non-hydrogen) atoms. The van der Waals surface area contributed by atoms with E-state index < -0.39 is 0 Å². The normalized spacial score (nSPS) is 10.5. The molecule has 0 fully saturated rings. The molecule has 3 rings (SSSR count). The van der Waals surface area contributed by atoms with E-state index in [1.54, 1.807) is 36.6 Å². The van der Waals surface area contributed by atoms with E-state index in [2.05, 4.69) is 22.0 Å². The molecule has 0 aliphatic carbocycles. The molecule has 0 unspecified atom stereocenters. The highest BCUT2D eigenvalue weighted by Crippen LogP contribution is 2.25. The van der Waals surface area contributed by atoms with Gasteiger partial charge in [-0.05, 0) is 25.1 Å². The largest absolute Gasteiger partial charge is 0.469 e. The van der Waals surface area contributed by atoms with E-state index in [4.69, 9.17) is 8.94 Å². The summed E-state index contributed by atoms with van der Waals surface area (Å²) in [5.74, 6) is 1.32. The van der Waals surface area contributed by atoms with Crippen LogP contribution in [0.3, 0.4) is 0 Å². The summed E-state index contributed by atoms with van der Waals surface area (Å²) in [7, 11) is 0. The van der Waals surface area contributed by atoms with E-state index in [9.17, 15) is 4.79 Å². The molecule has 2 heterocycles. The lowest BCUT2D eigenvalue weighted by molar-refractivity contribution is 0.0958. The summed E-state index contributed by atoms with van der Waals surface area (Å²) < 4.78 is 10.5. The number of aromatic nitrogens is 2. The first-order chi connectivity index (χ1) is 11.2. The van der Waals surface area contributed by atoms with Gasteiger partial charge in [-0.3, -0.25) is 4.79 Å². The molecule has 3 aromatic rings. The van der Waals surface area contributed by atoms with Crippen LogP contribution in [0.2, 0.25) is 0 Å². The van der Waals surface area contributed by atoms with Gasteiger partial charge in [0.2, 0.25) is 5.82 Å². The molecule has 6 heteroatoms. The maximum absolute atomic E-state index is 12.0. The highest BCUT2D eigenvalue weighted by Gasteiger charge is 2.15. The number of nitrogens with zero attached hydrogens (tertiary/aromatic N) is 2. The van der Waals surface area contributed by atoms with E-state index in [0.717, 1.165) is 5.56 Å². The lowest BCUT2D eigenvalue weighted by atomic mass is 10.1. The molecule has 1 N–H and O–H groups in total. The van der Waals surface area contributed by atoms with Crippen LogP contribution < -0.4 is 5.32 Å². The van der Waals surface area contributed by atoms with Crippen LogP contribution in [0.5, 0.6) is 0 Å². The van der Waals surface area contributed by atoms with Crippen molar-refractivity contribution in [3.05, 3.63) is 60.6 Å². The molecule has 0 aliphatic heterocycles. The number of aryl methyl sites for hydroxylation is 1. The molecule has 0 spiro atoms. The number of carbonyl (C=O) groups is 1. The molecule has 0 atom stereocenters. The first kappa shape index (κ1) is 14.8. The molecule has 0 bridgehead atoms. The van der Waals surface area contributed by atoms with Crippen LogP contribution in [0.25, 0.3) is 22.8 Å². The second-order valence-electron chi connectivity index (χ2n) is 4.89. The molecule has 0 aliphatic rings. The first-order valence-electron chi connectivity index (χ1n) is 7.06. The highest BCUT2D eigenvalue weighted by atomic mass is 16.5. The number of carbonyl (C=O) groups excluding carboxylic acids is 1. The Hall–Kier alpha value is -3.15. The molecule has 2 aromatic heterocycles. The van der Waals surface area contributed by atoms with Crippen LogP contribution in [0, 0.1) is 6.92 Å². The predicted molar refractivity (Wildman–Crippen MR) is 84.7 cm³/mol. The van der Waals surface area contributed by atoms with Crippen LogP contribution in [0.15, 0.2) is 58.2 Å². The molecule has 0 saturated heterocycles. The lowest BCUT2D eigenvalue weighted by Crippen LogP contribution is -2.23. The predicted octanol–water partition coefficient (Wildman–Crippen LogP) is 3.22. The van der Waals surface area contributed by atoms with E-state index in [1.165, 1.54) is 0 Å². The van der Waals surface area contributed by atoms with Crippen molar-refractivity contribution >= 4 is 5.91 Å². The van der Waals surface area contributed by atoms with Crippen LogP contribution in [-0.2, 0) is 0 Å². The van der Waals surface area contributed by atoms with Crippen molar-refractivity contribution in [3.8, 4) is 22.8 Å². The maximum Gasteiger partial charge on any atom is 0.261 e. The monoisotopic (exact) mass is 309 g/mol. The molecule has 1 aromatic carbocycles. The Morgan fingerprint density at radius 1 is 1.39 bits per heavy atom. The Balaban J connectivity index is 1.88. The molecule has 0 radical (unpaired) electrons. The van der Waals surface area contributed by atoms with Crippen molar-refractivity contribution < 1.29 is 13.7 Å². The third kappa shape index (κ3) is 3.06. The summed E-state index contributed by atoms with van der Waals surface area (Å²) >= 11 is 0. The standard InChI is InChI=1S/C17H15N3O3/c1-3-8-18-16(21)13-6-4-5-12(10-13)15-19-17(23-20-15)14-7-9-22-11(14)2/h3-7,9-10H,1,8H2,2H3,(H,18,21). The topological polar surface area (TPSA) is 81.2 Å². The van der Waals surface area contributed by atoms with Crippen molar-refractivity contribution in [2.45, 2.75) is 6.92 Å². The second-order valence-corrected chi connectivity index (χ2v) is 4.89. The number of hydrogen-bond donors (Lipinski definition) is 1. The number of nitrogens with one attached hydrogen (secondary N) is 1. The zero-order valence-electron chi connectivity index (χ0n) is 12.6. The first-order valence-corrected chi connectivity index (χ1v) is 7.06. The molecular formula is C17H15N3O3. The Labute approximate surface area is 132 Å². The smallest absolute Gasteiger partial charge is 0.261 e. The summed E-state index contributed by atoms with van der Waals surface area (Å²) in [5, 5.41) is 6.70. The third-order valence-electron chi connectivity index (χ3n) is 3.31. The van der Waals surface area contributed by atoms with Crippen molar-refractivity contribution in [1.82, 2.24) is 15.5 Å². The van der Waals surface area contributed by atoms with Crippen molar-refractivity contribution in [3.63, 3.8) is 0 Å².